The summed E-state index contributed by atoms with van der Waals surface area (Å²) in [7, 11) is 0. The van der Waals surface area contributed by atoms with E-state index in [9.17, 15) is 4.79 Å². The first-order valence-electron chi connectivity index (χ1n) is 6.55. The molecule has 0 amide bonds. The SMILES string of the molecule is Cc1cc(Br)cnc1CCCCNc1nccc(=O)[nH]1. The first-order chi connectivity index (χ1) is 9.65. The minimum absolute atomic E-state index is 0.141. The Kier molecular flexibility index (Phi) is 5.29. The molecule has 2 aromatic rings. The highest BCUT2D eigenvalue weighted by molar-refractivity contribution is 9.10. The molecule has 0 aliphatic rings. The lowest BCUT2D eigenvalue weighted by molar-refractivity contribution is 0.741. The zero-order valence-electron chi connectivity index (χ0n) is 11.3. The molecule has 2 heterocycles. The summed E-state index contributed by atoms with van der Waals surface area (Å²) in [5.41, 5.74) is 2.21. The fourth-order valence-electron chi connectivity index (χ4n) is 1.91. The molecule has 0 spiro atoms. The zero-order valence-corrected chi connectivity index (χ0v) is 12.9. The van der Waals surface area contributed by atoms with E-state index in [1.165, 1.54) is 17.8 Å². The van der Waals surface area contributed by atoms with E-state index in [-0.39, 0.29) is 5.56 Å². The van der Waals surface area contributed by atoms with Crippen LogP contribution in [0.25, 0.3) is 0 Å². The third-order valence-electron chi connectivity index (χ3n) is 2.96. The van der Waals surface area contributed by atoms with Crippen molar-refractivity contribution in [1.29, 1.82) is 0 Å². The van der Waals surface area contributed by atoms with Crippen LogP contribution < -0.4 is 10.9 Å². The van der Waals surface area contributed by atoms with E-state index in [1.54, 1.807) is 0 Å². The lowest BCUT2D eigenvalue weighted by atomic mass is 10.1. The molecule has 2 N–H and O–H groups in total. The summed E-state index contributed by atoms with van der Waals surface area (Å²) in [6.45, 7) is 2.85. The summed E-state index contributed by atoms with van der Waals surface area (Å²) in [5, 5.41) is 3.10. The smallest absolute Gasteiger partial charge is 0.252 e. The Morgan fingerprint density at radius 2 is 2.20 bits per heavy atom. The largest absolute Gasteiger partial charge is 0.356 e. The molecule has 0 unspecified atom stereocenters. The van der Waals surface area contributed by atoms with Gasteiger partial charge in [0.1, 0.15) is 0 Å². The van der Waals surface area contributed by atoms with Crippen LogP contribution in [0.5, 0.6) is 0 Å². The van der Waals surface area contributed by atoms with E-state index in [0.29, 0.717) is 5.95 Å². The van der Waals surface area contributed by atoms with E-state index in [4.69, 9.17) is 0 Å². The van der Waals surface area contributed by atoms with Crippen molar-refractivity contribution >= 4 is 21.9 Å². The molecule has 0 fully saturated rings. The van der Waals surface area contributed by atoms with E-state index in [0.717, 1.165) is 36.0 Å². The average Bonchev–Trinajstić information content (AvgIpc) is 2.41. The molecule has 2 aromatic heterocycles. The summed E-state index contributed by atoms with van der Waals surface area (Å²) in [4.78, 5) is 22.2. The van der Waals surface area contributed by atoms with Crippen molar-refractivity contribution < 1.29 is 0 Å². The van der Waals surface area contributed by atoms with Crippen molar-refractivity contribution in [2.24, 2.45) is 0 Å². The number of pyridine rings is 1. The van der Waals surface area contributed by atoms with Crippen molar-refractivity contribution in [2.45, 2.75) is 26.2 Å². The number of hydrogen-bond acceptors (Lipinski definition) is 4. The number of aryl methyl sites for hydroxylation is 2. The Bertz CT molecular complexity index is 627. The summed E-state index contributed by atoms with van der Waals surface area (Å²) < 4.78 is 1.01. The second-order valence-electron chi connectivity index (χ2n) is 4.58. The molecule has 5 nitrogen and oxygen atoms in total. The van der Waals surface area contributed by atoms with Crippen molar-refractivity contribution in [3.8, 4) is 0 Å². The first-order valence-corrected chi connectivity index (χ1v) is 7.34. The Labute approximate surface area is 126 Å². The molecule has 20 heavy (non-hydrogen) atoms. The third-order valence-corrected chi connectivity index (χ3v) is 3.39. The van der Waals surface area contributed by atoms with Crippen LogP contribution in [0.2, 0.25) is 0 Å². The van der Waals surface area contributed by atoms with Gasteiger partial charge in [0.15, 0.2) is 0 Å². The molecule has 0 atom stereocenters. The lowest BCUT2D eigenvalue weighted by Gasteiger charge is -2.06. The summed E-state index contributed by atoms with van der Waals surface area (Å²) in [6.07, 6.45) is 6.32. The quantitative estimate of drug-likeness (QED) is 0.795. The maximum absolute atomic E-state index is 11.1. The highest BCUT2D eigenvalue weighted by Gasteiger charge is 2.01. The number of hydrogen-bond donors (Lipinski definition) is 2. The molecule has 0 saturated heterocycles. The van der Waals surface area contributed by atoms with E-state index in [1.807, 2.05) is 6.20 Å². The summed E-state index contributed by atoms with van der Waals surface area (Å²) in [5.74, 6) is 0.524. The summed E-state index contributed by atoms with van der Waals surface area (Å²) in [6, 6.07) is 3.48. The molecule has 2 rings (SSSR count). The second kappa shape index (κ2) is 7.19. The Hall–Kier alpha value is -1.69. The number of aromatic amines is 1. The molecule has 0 radical (unpaired) electrons. The fourth-order valence-corrected chi connectivity index (χ4v) is 2.36. The third kappa shape index (κ3) is 4.45. The van der Waals surface area contributed by atoms with Gasteiger partial charge in [0.05, 0.1) is 0 Å². The Balaban J connectivity index is 1.73. The number of aromatic nitrogens is 3. The molecule has 0 saturated carbocycles. The van der Waals surface area contributed by atoms with Gasteiger partial charge in [0.2, 0.25) is 5.95 Å². The highest BCUT2D eigenvalue weighted by Crippen LogP contribution is 2.14. The Morgan fingerprint density at radius 1 is 1.35 bits per heavy atom. The number of rotatable bonds is 6. The molecular weight excluding hydrogens is 320 g/mol. The molecule has 0 aliphatic carbocycles. The molecule has 106 valence electrons. The minimum atomic E-state index is -0.141. The number of anilines is 1. The van der Waals surface area contributed by atoms with Gasteiger partial charge in [-0.1, -0.05) is 0 Å². The van der Waals surface area contributed by atoms with Crippen LogP contribution in [0.1, 0.15) is 24.1 Å². The van der Waals surface area contributed by atoms with Crippen LogP contribution in [0, 0.1) is 6.92 Å². The zero-order chi connectivity index (χ0) is 14.4. The van der Waals surface area contributed by atoms with Crippen molar-refractivity contribution in [2.75, 3.05) is 11.9 Å². The molecule has 0 bridgehead atoms. The van der Waals surface area contributed by atoms with Gasteiger partial charge >= 0.3 is 0 Å². The van der Waals surface area contributed by atoms with Gasteiger partial charge in [0.25, 0.3) is 5.56 Å². The summed E-state index contributed by atoms with van der Waals surface area (Å²) >= 11 is 3.41. The molecular formula is C14H17BrN4O. The van der Waals surface area contributed by atoms with E-state index in [2.05, 4.69) is 49.2 Å². The Morgan fingerprint density at radius 3 is 2.95 bits per heavy atom. The predicted octanol–water partition coefficient (Wildman–Crippen LogP) is 2.67. The van der Waals surface area contributed by atoms with Crippen molar-refractivity contribution in [1.82, 2.24) is 15.0 Å². The number of nitrogens with zero attached hydrogens (tertiary/aromatic N) is 2. The van der Waals surface area contributed by atoms with Gasteiger partial charge < -0.3 is 5.32 Å². The number of H-pyrrole nitrogens is 1. The van der Waals surface area contributed by atoms with Crippen LogP contribution in [0.15, 0.2) is 33.8 Å². The van der Waals surface area contributed by atoms with Crippen LogP contribution in [0.4, 0.5) is 5.95 Å². The van der Waals surface area contributed by atoms with E-state index < -0.39 is 0 Å². The molecule has 0 aliphatic heterocycles. The van der Waals surface area contributed by atoms with Crippen LogP contribution in [0.3, 0.4) is 0 Å². The molecule has 0 aromatic carbocycles. The highest BCUT2D eigenvalue weighted by atomic mass is 79.9. The van der Waals surface area contributed by atoms with Gasteiger partial charge in [-0.3, -0.25) is 14.8 Å². The molecule has 6 heteroatoms. The van der Waals surface area contributed by atoms with Gasteiger partial charge in [-0.05, 0) is 53.7 Å². The number of nitrogens with one attached hydrogen (secondary N) is 2. The van der Waals surface area contributed by atoms with Crippen molar-refractivity contribution in [3.63, 3.8) is 0 Å². The fraction of sp³-hybridized carbons (Fsp3) is 0.357. The minimum Gasteiger partial charge on any atom is -0.356 e. The van der Waals surface area contributed by atoms with Crippen LogP contribution in [-0.2, 0) is 6.42 Å². The van der Waals surface area contributed by atoms with Gasteiger partial charge in [-0.15, -0.1) is 0 Å². The topological polar surface area (TPSA) is 70.7 Å². The lowest BCUT2D eigenvalue weighted by Crippen LogP contribution is -2.12. The maximum Gasteiger partial charge on any atom is 0.252 e. The first kappa shape index (κ1) is 14.7. The standard InChI is InChI=1S/C14H17BrN4O/c1-10-8-11(15)9-18-12(10)4-2-3-6-16-14-17-7-5-13(20)19-14/h5,7-9H,2-4,6H2,1H3,(H2,16,17,19,20). The van der Waals surface area contributed by atoms with Crippen LogP contribution in [-0.4, -0.2) is 21.5 Å². The average molecular weight is 337 g/mol. The second-order valence-corrected chi connectivity index (χ2v) is 5.50. The number of halogens is 1. The number of unbranched alkanes of at least 4 members (excludes halogenated alkanes) is 1. The predicted molar refractivity (Wildman–Crippen MR) is 83.0 cm³/mol. The monoisotopic (exact) mass is 336 g/mol. The van der Waals surface area contributed by atoms with Gasteiger partial charge in [-0.2, -0.15) is 0 Å². The van der Waals surface area contributed by atoms with E-state index >= 15 is 0 Å². The van der Waals surface area contributed by atoms with Gasteiger partial charge in [-0.25, -0.2) is 4.98 Å². The maximum atomic E-state index is 11.1. The van der Waals surface area contributed by atoms with Crippen LogP contribution >= 0.6 is 15.9 Å². The van der Waals surface area contributed by atoms with Gasteiger partial charge in [0, 0.05) is 35.2 Å². The normalized spacial score (nSPS) is 10.5. The van der Waals surface area contributed by atoms with Crippen molar-refractivity contribution in [3.05, 3.63) is 50.6 Å².